The molecule has 0 saturated carbocycles. The molecule has 1 fully saturated rings. The highest BCUT2D eigenvalue weighted by Crippen LogP contribution is 2.13. The van der Waals surface area contributed by atoms with E-state index in [-0.39, 0.29) is 18.4 Å². The van der Waals surface area contributed by atoms with Crippen LogP contribution in [0, 0.1) is 0 Å². The zero-order valence-corrected chi connectivity index (χ0v) is 12.1. The summed E-state index contributed by atoms with van der Waals surface area (Å²) in [4.78, 5) is 25.4. The van der Waals surface area contributed by atoms with Gasteiger partial charge in [0.05, 0.1) is 12.2 Å². The average molecular weight is 299 g/mol. The first-order valence-corrected chi connectivity index (χ1v) is 7.27. The second-order valence-electron chi connectivity index (χ2n) is 5.18. The number of hydrogen-bond acceptors (Lipinski definition) is 4. The number of benzene rings is 1. The molecule has 1 aromatic carbocycles. The Kier molecular flexibility index (Phi) is 4.13. The average Bonchev–Trinajstić information content (AvgIpc) is 2.98. The Hall–Kier alpha value is -2.70. The Bertz CT molecular complexity index is 668. The van der Waals surface area contributed by atoms with E-state index in [4.69, 9.17) is 0 Å². The molecular formula is C15H17N5O2. The topological polar surface area (TPSA) is 80.1 Å². The van der Waals surface area contributed by atoms with Crippen molar-refractivity contribution in [1.29, 1.82) is 0 Å². The van der Waals surface area contributed by atoms with Gasteiger partial charge in [0.15, 0.2) is 0 Å². The standard InChI is InChI=1S/C15H17N5O2/c21-13(10-19-9-5-4-8-14(19)22)17-15-18-16-11-20(15)12-6-2-1-3-7-12/h1-3,6-7,11H,4-5,8-10H2,(H,17,18,21). The van der Waals surface area contributed by atoms with E-state index in [1.54, 1.807) is 9.47 Å². The molecule has 0 atom stereocenters. The summed E-state index contributed by atoms with van der Waals surface area (Å²) in [5.41, 5.74) is 0.858. The van der Waals surface area contributed by atoms with Gasteiger partial charge in [-0.15, -0.1) is 10.2 Å². The molecule has 3 rings (SSSR count). The van der Waals surface area contributed by atoms with Gasteiger partial charge in [-0.05, 0) is 25.0 Å². The number of anilines is 1. The van der Waals surface area contributed by atoms with Gasteiger partial charge in [-0.1, -0.05) is 18.2 Å². The summed E-state index contributed by atoms with van der Waals surface area (Å²) < 4.78 is 1.69. The zero-order valence-electron chi connectivity index (χ0n) is 12.1. The van der Waals surface area contributed by atoms with E-state index in [1.807, 2.05) is 30.3 Å². The van der Waals surface area contributed by atoms with Crippen LogP contribution in [-0.4, -0.2) is 44.6 Å². The van der Waals surface area contributed by atoms with Crippen LogP contribution < -0.4 is 5.32 Å². The minimum Gasteiger partial charge on any atom is -0.333 e. The van der Waals surface area contributed by atoms with Crippen LogP contribution in [0.3, 0.4) is 0 Å². The fraction of sp³-hybridized carbons (Fsp3) is 0.333. The van der Waals surface area contributed by atoms with Crippen molar-refractivity contribution in [3.05, 3.63) is 36.7 Å². The van der Waals surface area contributed by atoms with E-state index in [9.17, 15) is 9.59 Å². The molecule has 1 aliphatic rings. The van der Waals surface area contributed by atoms with E-state index < -0.39 is 0 Å². The van der Waals surface area contributed by atoms with E-state index in [1.165, 1.54) is 6.33 Å². The summed E-state index contributed by atoms with van der Waals surface area (Å²) in [6, 6.07) is 9.50. The van der Waals surface area contributed by atoms with Gasteiger partial charge < -0.3 is 4.90 Å². The van der Waals surface area contributed by atoms with Crippen LogP contribution >= 0.6 is 0 Å². The third-order valence-corrected chi connectivity index (χ3v) is 3.59. The third-order valence-electron chi connectivity index (χ3n) is 3.59. The molecule has 0 spiro atoms. The lowest BCUT2D eigenvalue weighted by atomic mass is 10.1. The van der Waals surface area contributed by atoms with Crippen molar-refractivity contribution < 1.29 is 9.59 Å². The molecular weight excluding hydrogens is 282 g/mol. The van der Waals surface area contributed by atoms with Crippen molar-refractivity contribution in [1.82, 2.24) is 19.7 Å². The Balaban J connectivity index is 1.67. The van der Waals surface area contributed by atoms with E-state index in [0.29, 0.717) is 18.9 Å². The largest absolute Gasteiger partial charge is 0.333 e. The highest BCUT2D eigenvalue weighted by atomic mass is 16.2. The number of piperidine rings is 1. The molecule has 1 saturated heterocycles. The lowest BCUT2D eigenvalue weighted by Crippen LogP contribution is -2.41. The molecule has 2 heterocycles. The van der Waals surface area contributed by atoms with Crippen LogP contribution in [0.25, 0.3) is 5.69 Å². The molecule has 22 heavy (non-hydrogen) atoms. The van der Waals surface area contributed by atoms with Crippen molar-refractivity contribution in [3.8, 4) is 5.69 Å². The number of para-hydroxylation sites is 1. The van der Waals surface area contributed by atoms with Gasteiger partial charge in [-0.25, -0.2) is 0 Å². The molecule has 0 aliphatic carbocycles. The number of likely N-dealkylation sites (tertiary alicyclic amines) is 1. The van der Waals surface area contributed by atoms with Crippen LogP contribution in [0.2, 0.25) is 0 Å². The third kappa shape index (κ3) is 3.13. The summed E-state index contributed by atoms with van der Waals surface area (Å²) in [6.45, 7) is 0.693. The summed E-state index contributed by atoms with van der Waals surface area (Å²) in [5, 5.41) is 10.5. The number of hydrogen-bond donors (Lipinski definition) is 1. The van der Waals surface area contributed by atoms with Crippen molar-refractivity contribution >= 4 is 17.8 Å². The maximum atomic E-state index is 12.1. The van der Waals surface area contributed by atoms with Crippen molar-refractivity contribution in [3.63, 3.8) is 0 Å². The molecule has 7 heteroatoms. The first-order valence-electron chi connectivity index (χ1n) is 7.27. The molecule has 1 aromatic heterocycles. The van der Waals surface area contributed by atoms with Gasteiger partial charge in [0.2, 0.25) is 17.8 Å². The maximum Gasteiger partial charge on any atom is 0.246 e. The number of rotatable bonds is 4. The van der Waals surface area contributed by atoms with Gasteiger partial charge in [0.1, 0.15) is 6.33 Å². The number of carbonyl (C=O) groups is 2. The summed E-state index contributed by atoms with van der Waals surface area (Å²) in [6.07, 6.45) is 3.91. The lowest BCUT2D eigenvalue weighted by Gasteiger charge is -2.25. The smallest absolute Gasteiger partial charge is 0.246 e. The predicted molar refractivity (Wildman–Crippen MR) is 80.4 cm³/mol. The maximum absolute atomic E-state index is 12.1. The van der Waals surface area contributed by atoms with Gasteiger partial charge in [0, 0.05) is 13.0 Å². The molecule has 0 unspecified atom stereocenters. The fourth-order valence-electron chi connectivity index (χ4n) is 2.46. The van der Waals surface area contributed by atoms with E-state index in [0.717, 1.165) is 18.5 Å². The predicted octanol–water partition coefficient (Wildman–Crippen LogP) is 1.22. The molecule has 0 bridgehead atoms. The quantitative estimate of drug-likeness (QED) is 0.920. The molecule has 2 aromatic rings. The van der Waals surface area contributed by atoms with Crippen LogP contribution in [0.15, 0.2) is 36.7 Å². The zero-order chi connectivity index (χ0) is 15.4. The van der Waals surface area contributed by atoms with E-state index in [2.05, 4.69) is 15.5 Å². The lowest BCUT2D eigenvalue weighted by molar-refractivity contribution is -0.136. The van der Waals surface area contributed by atoms with Gasteiger partial charge >= 0.3 is 0 Å². The summed E-state index contributed by atoms with van der Waals surface area (Å²) in [7, 11) is 0. The number of nitrogens with one attached hydrogen (secondary N) is 1. The second kappa shape index (κ2) is 6.38. The molecule has 0 radical (unpaired) electrons. The summed E-state index contributed by atoms with van der Waals surface area (Å²) in [5.74, 6) is 0.118. The number of carbonyl (C=O) groups excluding carboxylic acids is 2. The van der Waals surface area contributed by atoms with Crippen LogP contribution in [-0.2, 0) is 9.59 Å². The Morgan fingerprint density at radius 2 is 2.05 bits per heavy atom. The van der Waals surface area contributed by atoms with Gasteiger partial charge in [-0.3, -0.25) is 19.5 Å². The SMILES string of the molecule is O=C(CN1CCCCC1=O)Nc1nncn1-c1ccccc1. The number of amides is 2. The molecule has 2 amide bonds. The minimum atomic E-state index is -0.263. The molecule has 114 valence electrons. The highest BCUT2D eigenvalue weighted by Gasteiger charge is 2.21. The first-order chi connectivity index (χ1) is 10.7. The monoisotopic (exact) mass is 299 g/mol. The Labute approximate surface area is 127 Å². The fourth-order valence-corrected chi connectivity index (χ4v) is 2.46. The van der Waals surface area contributed by atoms with E-state index >= 15 is 0 Å². The first kappa shape index (κ1) is 14.2. The van der Waals surface area contributed by atoms with Crippen LogP contribution in [0.1, 0.15) is 19.3 Å². The highest BCUT2D eigenvalue weighted by molar-refractivity contribution is 5.93. The number of nitrogens with zero attached hydrogens (tertiary/aromatic N) is 4. The van der Waals surface area contributed by atoms with Crippen molar-refractivity contribution in [2.24, 2.45) is 0 Å². The normalized spacial score (nSPS) is 14.9. The second-order valence-corrected chi connectivity index (χ2v) is 5.18. The number of aromatic nitrogens is 3. The van der Waals surface area contributed by atoms with Gasteiger partial charge in [0.25, 0.3) is 0 Å². The molecule has 1 aliphatic heterocycles. The molecule has 1 N–H and O–H groups in total. The minimum absolute atomic E-state index is 0.0333. The Morgan fingerprint density at radius 3 is 2.82 bits per heavy atom. The van der Waals surface area contributed by atoms with Crippen molar-refractivity contribution in [2.75, 3.05) is 18.4 Å². The van der Waals surface area contributed by atoms with Gasteiger partial charge in [-0.2, -0.15) is 0 Å². The summed E-state index contributed by atoms with van der Waals surface area (Å²) >= 11 is 0. The van der Waals surface area contributed by atoms with Crippen molar-refractivity contribution in [2.45, 2.75) is 19.3 Å². The molecule has 7 nitrogen and oxygen atoms in total. The van der Waals surface area contributed by atoms with Crippen LogP contribution in [0.5, 0.6) is 0 Å². The van der Waals surface area contributed by atoms with Crippen LogP contribution in [0.4, 0.5) is 5.95 Å². The Morgan fingerprint density at radius 1 is 1.23 bits per heavy atom.